The Labute approximate surface area is 290 Å². The summed E-state index contributed by atoms with van der Waals surface area (Å²) in [5.41, 5.74) is 5.59. The van der Waals surface area contributed by atoms with Gasteiger partial charge in [0.25, 0.3) is 5.91 Å². The molecule has 0 radical (unpaired) electrons. The van der Waals surface area contributed by atoms with Crippen molar-refractivity contribution in [1.29, 1.82) is 0 Å². The fraction of sp³-hybridized carbons (Fsp3) is 0.371. The average Bonchev–Trinajstić information content (AvgIpc) is 3.72. The van der Waals surface area contributed by atoms with Gasteiger partial charge in [0, 0.05) is 67.2 Å². The minimum Gasteiger partial charge on any atom is -0.356 e. The Morgan fingerprint density at radius 3 is 2.67 bits per heavy atom. The Morgan fingerprint density at radius 1 is 1.02 bits per heavy atom. The zero-order chi connectivity index (χ0) is 34.1. The van der Waals surface area contributed by atoms with Crippen LogP contribution in [0.1, 0.15) is 66.1 Å². The van der Waals surface area contributed by atoms with Crippen molar-refractivity contribution >= 4 is 56.5 Å². The van der Waals surface area contributed by atoms with Crippen LogP contribution < -0.4 is 10.6 Å². The van der Waals surface area contributed by atoms with Crippen molar-refractivity contribution in [2.75, 3.05) is 19.6 Å². The summed E-state index contributed by atoms with van der Waals surface area (Å²) in [5.74, 6) is -1.18. The molecule has 3 aliphatic rings. The summed E-state index contributed by atoms with van der Waals surface area (Å²) in [6.45, 7) is 1.91. The Balaban J connectivity index is 0.835. The van der Waals surface area contributed by atoms with Gasteiger partial charge in [0.2, 0.25) is 23.6 Å². The quantitative estimate of drug-likeness (QED) is 0.249. The molecule has 3 aliphatic heterocycles. The van der Waals surface area contributed by atoms with Gasteiger partial charge in [-0.3, -0.25) is 39.0 Å². The summed E-state index contributed by atoms with van der Waals surface area (Å²) >= 11 is 3.55. The second kappa shape index (κ2) is 13.9. The first kappa shape index (κ1) is 32.6. The molecule has 0 spiro atoms. The minimum absolute atomic E-state index is 0.0318. The Morgan fingerprint density at radius 2 is 1.86 bits per heavy atom. The van der Waals surface area contributed by atoms with E-state index >= 15 is 0 Å². The lowest BCUT2D eigenvalue weighted by Gasteiger charge is -2.32. The monoisotopic (exact) mass is 726 g/mol. The third-order valence-electron chi connectivity index (χ3n) is 9.50. The van der Waals surface area contributed by atoms with Crippen LogP contribution >= 0.6 is 15.9 Å². The number of nitrogens with one attached hydrogen (secondary N) is 2. The second-order valence-electron chi connectivity index (χ2n) is 12.7. The molecule has 0 saturated carbocycles. The lowest BCUT2D eigenvalue weighted by Crippen LogP contribution is -2.52. The van der Waals surface area contributed by atoms with Crippen LogP contribution in [0.5, 0.6) is 0 Å². The van der Waals surface area contributed by atoms with E-state index in [0.29, 0.717) is 44.6 Å². The standard InChI is InChI=1S/C35H35BrN8O5/c36-26-2-1-3-27-33(26)40-28(18-38-27)23-17-39-44(20-23)24-11-14-42(15-12-24)32(47)9-8-30(45)37-13-10-21-4-5-25-22(16-21)19-43(35(25)49)29-6-7-31(46)41-34(29)48/h1-5,16-18,20,24,29H,6-15,19H2,(H,37,45)(H,41,46,48). The van der Waals surface area contributed by atoms with E-state index in [4.69, 9.17) is 4.98 Å². The zero-order valence-electron chi connectivity index (χ0n) is 26.7. The molecule has 1 unspecified atom stereocenters. The van der Waals surface area contributed by atoms with Gasteiger partial charge in [-0.25, -0.2) is 4.98 Å². The number of imide groups is 1. The van der Waals surface area contributed by atoms with Gasteiger partial charge in [-0.15, -0.1) is 0 Å². The van der Waals surface area contributed by atoms with Gasteiger partial charge in [0.15, 0.2) is 0 Å². The van der Waals surface area contributed by atoms with Gasteiger partial charge in [-0.05, 0) is 70.9 Å². The maximum atomic E-state index is 12.9. The molecule has 2 aromatic carbocycles. The molecular weight excluding hydrogens is 692 g/mol. The second-order valence-corrected chi connectivity index (χ2v) is 13.5. The molecule has 5 heterocycles. The highest BCUT2D eigenvalue weighted by Gasteiger charge is 2.39. The van der Waals surface area contributed by atoms with Crippen molar-refractivity contribution in [3.63, 3.8) is 0 Å². The molecule has 1 atom stereocenters. The highest BCUT2D eigenvalue weighted by molar-refractivity contribution is 9.10. The van der Waals surface area contributed by atoms with Crippen molar-refractivity contribution < 1.29 is 24.0 Å². The van der Waals surface area contributed by atoms with Crippen LogP contribution in [-0.4, -0.2) is 84.8 Å². The van der Waals surface area contributed by atoms with Gasteiger partial charge in [-0.2, -0.15) is 5.10 Å². The molecule has 13 nitrogen and oxygen atoms in total. The SMILES string of the molecule is O=C(CCC(=O)N1CCC(n2cc(-c3cnc4cccc(Br)c4n3)cn2)CC1)NCCc1ccc2c(c1)CN(C1CCC(=O)NC1=O)C2=O. The molecular formula is C35H35BrN8O5. The molecule has 7 rings (SSSR count). The number of likely N-dealkylation sites (tertiary alicyclic amines) is 1. The van der Waals surface area contributed by atoms with Crippen LogP contribution in [0.2, 0.25) is 0 Å². The molecule has 2 N–H and O–H groups in total. The minimum atomic E-state index is -0.653. The van der Waals surface area contributed by atoms with Gasteiger partial charge in [0.1, 0.15) is 11.6 Å². The van der Waals surface area contributed by atoms with E-state index in [1.807, 2.05) is 46.1 Å². The number of amides is 5. The first-order valence-electron chi connectivity index (χ1n) is 16.5. The lowest BCUT2D eigenvalue weighted by atomic mass is 10.0. The van der Waals surface area contributed by atoms with E-state index in [2.05, 4.69) is 36.6 Å². The summed E-state index contributed by atoms with van der Waals surface area (Å²) < 4.78 is 2.84. The van der Waals surface area contributed by atoms with E-state index in [-0.39, 0.29) is 48.9 Å². The van der Waals surface area contributed by atoms with Crippen LogP contribution in [0.4, 0.5) is 0 Å². The number of hydrogen-bond donors (Lipinski definition) is 2. The largest absolute Gasteiger partial charge is 0.356 e. The Hall–Kier alpha value is -4.98. The molecule has 2 aromatic heterocycles. The molecule has 2 saturated heterocycles. The van der Waals surface area contributed by atoms with Crippen molar-refractivity contribution in [2.24, 2.45) is 0 Å². The van der Waals surface area contributed by atoms with Crippen molar-refractivity contribution in [2.45, 2.75) is 63.6 Å². The number of para-hydroxylation sites is 1. The summed E-state index contributed by atoms with van der Waals surface area (Å²) in [6.07, 6.45) is 8.43. The highest BCUT2D eigenvalue weighted by Crippen LogP contribution is 2.29. The van der Waals surface area contributed by atoms with Crippen molar-refractivity contribution in [3.8, 4) is 11.3 Å². The lowest BCUT2D eigenvalue weighted by molar-refractivity contribution is -0.137. The van der Waals surface area contributed by atoms with Crippen LogP contribution in [0.25, 0.3) is 22.3 Å². The summed E-state index contributed by atoms with van der Waals surface area (Å²) in [6, 6.07) is 10.8. The summed E-state index contributed by atoms with van der Waals surface area (Å²) in [7, 11) is 0. The van der Waals surface area contributed by atoms with Crippen LogP contribution in [0.3, 0.4) is 0 Å². The fourth-order valence-electron chi connectivity index (χ4n) is 6.78. The molecule has 14 heteroatoms. The number of hydrogen-bond acceptors (Lipinski definition) is 8. The first-order valence-corrected chi connectivity index (χ1v) is 17.3. The normalized spacial score (nSPS) is 18.1. The van der Waals surface area contributed by atoms with Gasteiger partial charge < -0.3 is 15.1 Å². The van der Waals surface area contributed by atoms with Crippen molar-refractivity contribution in [1.82, 2.24) is 40.2 Å². The van der Waals surface area contributed by atoms with Crippen LogP contribution in [-0.2, 0) is 32.1 Å². The van der Waals surface area contributed by atoms with E-state index in [0.717, 1.165) is 50.7 Å². The van der Waals surface area contributed by atoms with E-state index in [1.54, 1.807) is 18.5 Å². The van der Waals surface area contributed by atoms with E-state index < -0.39 is 11.9 Å². The molecule has 0 bridgehead atoms. The maximum Gasteiger partial charge on any atom is 0.255 e. The van der Waals surface area contributed by atoms with E-state index in [1.165, 1.54) is 4.90 Å². The van der Waals surface area contributed by atoms with Crippen LogP contribution in [0, 0.1) is 0 Å². The number of piperidine rings is 2. The molecule has 2 fully saturated rings. The van der Waals surface area contributed by atoms with E-state index in [9.17, 15) is 24.0 Å². The predicted octanol–water partition coefficient (Wildman–Crippen LogP) is 3.32. The predicted molar refractivity (Wildman–Crippen MR) is 182 cm³/mol. The number of carbonyl (C=O) groups excluding carboxylic acids is 5. The summed E-state index contributed by atoms with van der Waals surface area (Å²) in [4.78, 5) is 74.8. The number of nitrogens with zero attached hydrogens (tertiary/aromatic N) is 6. The summed E-state index contributed by atoms with van der Waals surface area (Å²) in [5, 5.41) is 9.80. The van der Waals surface area contributed by atoms with Gasteiger partial charge in [-0.1, -0.05) is 18.2 Å². The Bertz CT molecular complexity index is 1970. The van der Waals surface area contributed by atoms with Crippen LogP contribution in [0.15, 0.2) is 59.5 Å². The zero-order valence-corrected chi connectivity index (χ0v) is 28.3. The number of carbonyl (C=O) groups is 5. The number of rotatable bonds is 9. The topological polar surface area (TPSA) is 159 Å². The molecule has 252 valence electrons. The smallest absolute Gasteiger partial charge is 0.255 e. The number of fused-ring (bicyclic) bond motifs is 2. The first-order chi connectivity index (χ1) is 23.7. The number of aromatic nitrogens is 4. The third-order valence-corrected chi connectivity index (χ3v) is 10.1. The molecule has 4 aromatic rings. The van der Waals surface area contributed by atoms with Gasteiger partial charge in [0.05, 0.1) is 29.6 Å². The number of benzene rings is 2. The average molecular weight is 728 g/mol. The Kier molecular flexibility index (Phi) is 9.21. The fourth-order valence-corrected chi connectivity index (χ4v) is 7.23. The molecule has 0 aliphatic carbocycles. The maximum absolute atomic E-state index is 12.9. The van der Waals surface area contributed by atoms with Crippen molar-refractivity contribution in [3.05, 3.63) is 76.2 Å². The molecule has 49 heavy (non-hydrogen) atoms. The molecule has 5 amide bonds. The van der Waals surface area contributed by atoms with Gasteiger partial charge >= 0.3 is 0 Å². The number of halogens is 1. The third kappa shape index (κ3) is 6.95. The highest BCUT2D eigenvalue weighted by atomic mass is 79.9.